The molecule has 3 heterocycles. The first kappa shape index (κ1) is 57.6. The lowest BCUT2D eigenvalue weighted by Crippen LogP contribution is -2.61. The van der Waals surface area contributed by atoms with E-state index in [1.165, 1.54) is 13.2 Å². The van der Waals surface area contributed by atoms with Gasteiger partial charge in [-0.25, -0.2) is 8.42 Å². The summed E-state index contributed by atoms with van der Waals surface area (Å²) >= 11 is 0. The number of carbonyl (C=O) groups excluding carboxylic acids is 2. The molecular weight excluding hydrogens is 907 g/mol. The maximum atomic E-state index is 14.6. The van der Waals surface area contributed by atoms with Gasteiger partial charge in [-0.3, -0.25) is 9.59 Å². The van der Waals surface area contributed by atoms with E-state index < -0.39 is 99.3 Å². The van der Waals surface area contributed by atoms with E-state index in [-0.39, 0.29) is 54.2 Å². The molecule has 1 aromatic rings. The van der Waals surface area contributed by atoms with E-state index in [9.17, 15) is 38.4 Å². The highest BCUT2D eigenvalue weighted by Crippen LogP contribution is 2.45. The van der Waals surface area contributed by atoms with Gasteiger partial charge in [-0.1, -0.05) is 39.8 Å². The first-order valence-electron chi connectivity index (χ1n) is 25.6. The molecule has 0 aromatic heterocycles. The molecule has 0 spiro atoms. The number of sulfone groups is 1. The smallest absolute Gasteiger partial charge is 0.309 e. The molecule has 396 valence electrons. The number of hydrogen-bond acceptors (Lipinski definition) is 15. The standard InChI is InChI=1S/C52H89N3O13S/c1-15-41-52(10,61)46(57)34(6)55(12)29-30(2)27-50(8,60)48(32(4)44(33(5)49(59)67-41)40-28-51(9,64-13)47(58)35(7)66-40)68-43-26-38(25-31(3)65-43)54(11)24-16-17-42(56)53-45(36-18-19-36)37-20-22-39(23-21-37)69(14,62)63/h20-23,30-36,38,40-41,43-48,57-58,60-61H,15-19,24-29H2,1-14H3,(H,53,56)/t30-,31-,32+,33-,34-,35+,38+,40-,41-,43+,44?,45-,46-,47+,48-,50-,51-,52-/m1/s1. The van der Waals surface area contributed by atoms with Gasteiger partial charge in [0, 0.05) is 57.2 Å². The quantitative estimate of drug-likeness (QED) is 0.155. The predicted octanol–water partition coefficient (Wildman–Crippen LogP) is 5.02. The lowest BCUT2D eigenvalue weighted by molar-refractivity contribution is -0.275. The molecule has 3 aliphatic heterocycles. The Bertz CT molecular complexity index is 1950. The van der Waals surface area contributed by atoms with Crippen LogP contribution in [0.1, 0.15) is 139 Å². The van der Waals surface area contributed by atoms with Crippen LogP contribution >= 0.6 is 0 Å². The van der Waals surface area contributed by atoms with Crippen LogP contribution in [0, 0.1) is 29.6 Å². The first-order chi connectivity index (χ1) is 32.0. The van der Waals surface area contributed by atoms with Gasteiger partial charge in [0.15, 0.2) is 16.1 Å². The Morgan fingerprint density at radius 2 is 1.62 bits per heavy atom. The number of carbonyl (C=O) groups is 2. The molecule has 1 unspecified atom stereocenters. The van der Waals surface area contributed by atoms with Crippen LogP contribution in [-0.4, -0.2) is 169 Å². The van der Waals surface area contributed by atoms with Gasteiger partial charge in [0.1, 0.15) is 23.9 Å². The molecule has 18 atom stereocenters. The molecule has 1 saturated carbocycles. The number of rotatable bonds is 14. The van der Waals surface area contributed by atoms with E-state index >= 15 is 0 Å². The number of methoxy groups -OCH3 is 1. The number of esters is 1. The minimum absolute atomic E-state index is 0.0206. The molecule has 1 amide bonds. The van der Waals surface area contributed by atoms with E-state index in [4.69, 9.17) is 23.7 Å². The summed E-state index contributed by atoms with van der Waals surface area (Å²) in [5, 5.41) is 51.0. The molecule has 5 rings (SSSR count). The highest BCUT2D eigenvalue weighted by Gasteiger charge is 2.54. The number of nitrogens with one attached hydrogen (secondary N) is 1. The number of aliphatic hydroxyl groups is 4. The van der Waals surface area contributed by atoms with E-state index in [1.54, 1.807) is 59.1 Å². The van der Waals surface area contributed by atoms with Crippen molar-refractivity contribution in [2.75, 3.05) is 40.6 Å². The van der Waals surface area contributed by atoms with Crippen LogP contribution in [-0.2, 0) is 43.1 Å². The van der Waals surface area contributed by atoms with Gasteiger partial charge in [0.2, 0.25) is 5.91 Å². The number of cyclic esters (lactones) is 1. The van der Waals surface area contributed by atoms with Gasteiger partial charge in [-0.05, 0) is 136 Å². The van der Waals surface area contributed by atoms with E-state index in [0.717, 1.165) is 24.8 Å². The van der Waals surface area contributed by atoms with Crippen molar-refractivity contribution in [2.24, 2.45) is 29.6 Å². The SMILES string of the molecule is CC[C@H]1OC(=O)[C@H](C)C([C@H]2C[C@@](C)(OC)[C@@H](O)[C@H](C)O2)[C@H](C)[C@@H](O[C@H]2C[C@@H](N(C)CCCC(=O)N[C@@H](c3ccc(S(C)(=O)=O)cc3)C3CC3)C[C@@H](C)O2)[C@](C)(O)C[C@@H](C)CN(C)[C@H](C)[C@@H](O)[C@]1(C)O. The summed E-state index contributed by atoms with van der Waals surface area (Å²) in [5.74, 6) is -2.57. The zero-order valence-electron chi connectivity index (χ0n) is 44.1. The predicted molar refractivity (Wildman–Crippen MR) is 263 cm³/mol. The van der Waals surface area contributed by atoms with E-state index in [1.807, 2.05) is 53.6 Å². The number of aliphatic hydroxyl groups excluding tert-OH is 2. The van der Waals surface area contributed by atoms with Gasteiger partial charge in [-0.15, -0.1) is 0 Å². The summed E-state index contributed by atoms with van der Waals surface area (Å²) in [6, 6.07) is 6.11. The fraction of sp³-hybridized carbons (Fsp3) is 0.846. The molecular formula is C52H89N3O13S. The molecule has 69 heavy (non-hydrogen) atoms. The molecule has 0 bridgehead atoms. The minimum Gasteiger partial charge on any atom is -0.459 e. The van der Waals surface area contributed by atoms with Crippen molar-refractivity contribution in [2.45, 2.75) is 216 Å². The van der Waals surface area contributed by atoms with Crippen molar-refractivity contribution in [1.82, 2.24) is 15.1 Å². The Kier molecular flexibility index (Phi) is 19.4. The number of amides is 1. The summed E-state index contributed by atoms with van der Waals surface area (Å²) in [7, 11) is 2.13. The highest BCUT2D eigenvalue weighted by atomic mass is 32.2. The Morgan fingerprint density at radius 3 is 2.20 bits per heavy atom. The molecule has 17 heteroatoms. The van der Waals surface area contributed by atoms with Crippen LogP contribution in [0.15, 0.2) is 29.2 Å². The third-order valence-electron chi connectivity index (χ3n) is 16.4. The van der Waals surface area contributed by atoms with Gasteiger partial charge in [0.05, 0.1) is 52.5 Å². The number of ether oxygens (including phenoxy) is 5. The third-order valence-corrected chi connectivity index (χ3v) is 17.5. The second kappa shape index (κ2) is 23.3. The summed E-state index contributed by atoms with van der Waals surface area (Å²) in [6.45, 7) is 19.4. The molecule has 3 saturated heterocycles. The fourth-order valence-corrected chi connectivity index (χ4v) is 12.5. The average molecular weight is 996 g/mol. The van der Waals surface area contributed by atoms with Gasteiger partial charge in [-0.2, -0.15) is 0 Å². The largest absolute Gasteiger partial charge is 0.459 e. The zero-order valence-corrected chi connectivity index (χ0v) is 44.9. The van der Waals surface area contributed by atoms with E-state index in [2.05, 4.69) is 10.2 Å². The summed E-state index contributed by atoms with van der Waals surface area (Å²) in [4.78, 5) is 32.4. The second-order valence-electron chi connectivity index (χ2n) is 22.5. The number of hydrogen-bond donors (Lipinski definition) is 5. The van der Waals surface area contributed by atoms with Crippen LogP contribution in [0.4, 0.5) is 0 Å². The van der Waals surface area contributed by atoms with Crippen molar-refractivity contribution in [3.63, 3.8) is 0 Å². The topological polar surface area (TPSA) is 214 Å². The van der Waals surface area contributed by atoms with Crippen molar-refractivity contribution in [3.05, 3.63) is 29.8 Å². The molecule has 5 N–H and O–H groups in total. The summed E-state index contributed by atoms with van der Waals surface area (Å²) in [6.07, 6.45) is -0.387. The van der Waals surface area contributed by atoms with Crippen LogP contribution in [0.2, 0.25) is 0 Å². The zero-order chi connectivity index (χ0) is 51.6. The van der Waals surface area contributed by atoms with Crippen LogP contribution in [0.3, 0.4) is 0 Å². The molecule has 0 radical (unpaired) electrons. The fourth-order valence-electron chi connectivity index (χ4n) is 11.9. The summed E-state index contributed by atoms with van der Waals surface area (Å²) in [5.41, 5.74) is -3.41. The number of nitrogens with zero attached hydrogens (tertiary/aromatic N) is 2. The van der Waals surface area contributed by atoms with Crippen LogP contribution < -0.4 is 5.32 Å². The molecule has 4 aliphatic rings. The lowest BCUT2D eigenvalue weighted by Gasteiger charge is -2.51. The third kappa shape index (κ3) is 14.1. The van der Waals surface area contributed by atoms with Crippen molar-refractivity contribution < 1.29 is 62.1 Å². The monoisotopic (exact) mass is 996 g/mol. The average Bonchev–Trinajstić information content (AvgIpc) is 4.12. The minimum atomic E-state index is -3.33. The molecule has 1 aliphatic carbocycles. The van der Waals surface area contributed by atoms with Crippen LogP contribution in [0.5, 0.6) is 0 Å². The maximum absolute atomic E-state index is 14.6. The number of likely N-dealkylation sites (N-methyl/N-ethyl adjacent to an activating group) is 1. The molecule has 16 nitrogen and oxygen atoms in total. The first-order valence-corrected chi connectivity index (χ1v) is 27.5. The van der Waals surface area contributed by atoms with Crippen molar-refractivity contribution in [1.29, 1.82) is 0 Å². The molecule has 1 aromatic carbocycles. The van der Waals surface area contributed by atoms with E-state index in [0.29, 0.717) is 38.3 Å². The Morgan fingerprint density at radius 1 is 0.986 bits per heavy atom. The highest BCUT2D eigenvalue weighted by molar-refractivity contribution is 7.90. The maximum Gasteiger partial charge on any atom is 0.309 e. The van der Waals surface area contributed by atoms with Gasteiger partial charge < -0.3 is 59.2 Å². The van der Waals surface area contributed by atoms with Crippen molar-refractivity contribution >= 4 is 21.7 Å². The van der Waals surface area contributed by atoms with Crippen molar-refractivity contribution in [3.8, 4) is 0 Å². The lowest BCUT2D eigenvalue weighted by atomic mass is 9.68. The number of benzene rings is 1. The Balaban J connectivity index is 1.39. The van der Waals surface area contributed by atoms with Gasteiger partial charge >= 0.3 is 5.97 Å². The van der Waals surface area contributed by atoms with Gasteiger partial charge in [0.25, 0.3) is 0 Å². The summed E-state index contributed by atoms with van der Waals surface area (Å²) < 4.78 is 56.5. The Labute approximate surface area is 413 Å². The van der Waals surface area contributed by atoms with Crippen LogP contribution in [0.25, 0.3) is 0 Å². The second-order valence-corrected chi connectivity index (χ2v) is 24.5. The molecule has 4 fully saturated rings. The Hall–Kier alpha value is -2.29. The normalized spacial score (nSPS) is 40.9.